The van der Waals surface area contributed by atoms with E-state index >= 15 is 0 Å². The summed E-state index contributed by atoms with van der Waals surface area (Å²) in [5, 5.41) is 5.99. The van der Waals surface area contributed by atoms with Gasteiger partial charge < -0.3 is 9.64 Å². The maximum atomic E-state index is 13.1. The molecule has 2 N–H and O–H groups in total. The molecule has 0 saturated carbocycles. The molecule has 2 aliphatic rings. The average Bonchev–Trinajstić information content (AvgIpc) is 3.13. The van der Waals surface area contributed by atoms with Gasteiger partial charge >= 0.3 is 6.09 Å². The maximum absolute atomic E-state index is 13.1. The second-order valence-electron chi connectivity index (χ2n) is 9.98. The molecule has 0 spiro atoms. The molecule has 1 aromatic heterocycles. The van der Waals surface area contributed by atoms with Gasteiger partial charge in [0.1, 0.15) is 11.6 Å². The van der Waals surface area contributed by atoms with Crippen molar-refractivity contribution in [3.8, 4) is 11.3 Å². The number of rotatable bonds is 3. The molecule has 1 atom stereocenters. The summed E-state index contributed by atoms with van der Waals surface area (Å²) >= 11 is 0. The van der Waals surface area contributed by atoms with Gasteiger partial charge in [-0.25, -0.2) is 9.78 Å². The molecule has 9 heteroatoms. The number of hydrogen-bond donors (Lipinski definition) is 2. The molecule has 2 aliphatic heterocycles. The number of ether oxygens (including phenoxy) is 1. The molecule has 184 valence electrons. The van der Waals surface area contributed by atoms with Crippen LogP contribution in [0.25, 0.3) is 22.2 Å². The van der Waals surface area contributed by atoms with Crippen molar-refractivity contribution in [1.82, 2.24) is 15.2 Å². The number of aromatic nitrogens is 1. The SMILES string of the molecule is CC(C)(C)OC(=O)Nc1cc2ccccc2nc1-c1ccc2c(c1)CN(C1CCC(=O)NC1=O)C2=O. The zero-order valence-electron chi connectivity index (χ0n) is 20.3. The van der Waals surface area contributed by atoms with Crippen LogP contribution < -0.4 is 10.6 Å². The Kier molecular flexibility index (Phi) is 5.70. The van der Waals surface area contributed by atoms with Gasteiger partial charge in [0, 0.05) is 29.5 Å². The molecule has 5 rings (SSSR count). The number of nitrogens with zero attached hydrogens (tertiary/aromatic N) is 2. The number of hydrogen-bond acceptors (Lipinski definition) is 6. The first-order valence-electron chi connectivity index (χ1n) is 11.8. The average molecular weight is 487 g/mol. The highest BCUT2D eigenvalue weighted by atomic mass is 16.6. The molecule has 2 aromatic carbocycles. The molecular weight excluding hydrogens is 460 g/mol. The molecule has 3 aromatic rings. The van der Waals surface area contributed by atoms with Crippen molar-refractivity contribution in [2.45, 2.75) is 51.8 Å². The lowest BCUT2D eigenvalue weighted by Crippen LogP contribution is -2.52. The van der Waals surface area contributed by atoms with Gasteiger partial charge in [0.15, 0.2) is 0 Å². The minimum absolute atomic E-state index is 0.197. The van der Waals surface area contributed by atoms with Crippen LogP contribution in [0.5, 0.6) is 0 Å². The van der Waals surface area contributed by atoms with Crippen molar-refractivity contribution in [2.24, 2.45) is 0 Å². The van der Waals surface area contributed by atoms with E-state index in [4.69, 9.17) is 9.72 Å². The van der Waals surface area contributed by atoms with Gasteiger partial charge in [0.2, 0.25) is 11.8 Å². The third-order valence-corrected chi connectivity index (χ3v) is 6.16. The van der Waals surface area contributed by atoms with Crippen LogP contribution in [-0.4, -0.2) is 45.3 Å². The van der Waals surface area contributed by atoms with Crippen LogP contribution >= 0.6 is 0 Å². The molecular formula is C27H26N4O5. The fourth-order valence-electron chi connectivity index (χ4n) is 4.57. The van der Waals surface area contributed by atoms with Gasteiger partial charge in [-0.05, 0) is 57.0 Å². The lowest BCUT2D eigenvalue weighted by atomic mass is 10.0. The van der Waals surface area contributed by atoms with Gasteiger partial charge in [-0.3, -0.25) is 25.0 Å². The van der Waals surface area contributed by atoms with E-state index in [1.807, 2.05) is 36.4 Å². The summed E-state index contributed by atoms with van der Waals surface area (Å²) in [6.07, 6.45) is -0.100. The first-order valence-corrected chi connectivity index (χ1v) is 11.8. The predicted octanol–water partition coefficient (Wildman–Crippen LogP) is 4.01. The Labute approximate surface area is 207 Å². The van der Waals surface area contributed by atoms with Gasteiger partial charge in [0.05, 0.1) is 16.9 Å². The quantitative estimate of drug-likeness (QED) is 0.540. The predicted molar refractivity (Wildman–Crippen MR) is 133 cm³/mol. The molecule has 1 fully saturated rings. The number of imide groups is 1. The summed E-state index contributed by atoms with van der Waals surface area (Å²) in [5.41, 5.74) is 3.07. The number of nitrogens with one attached hydrogen (secondary N) is 2. The van der Waals surface area contributed by atoms with Crippen LogP contribution in [0.4, 0.5) is 10.5 Å². The number of benzene rings is 2. The number of anilines is 1. The molecule has 3 heterocycles. The van der Waals surface area contributed by atoms with Crippen LogP contribution in [0.15, 0.2) is 48.5 Å². The van der Waals surface area contributed by atoms with Crippen LogP contribution in [0.1, 0.15) is 49.5 Å². The molecule has 0 bridgehead atoms. The van der Waals surface area contributed by atoms with Gasteiger partial charge in [-0.1, -0.05) is 24.3 Å². The Bertz CT molecular complexity index is 1430. The van der Waals surface area contributed by atoms with Crippen molar-refractivity contribution in [1.29, 1.82) is 0 Å². The largest absolute Gasteiger partial charge is 0.444 e. The number of carbonyl (C=O) groups excluding carboxylic acids is 4. The van der Waals surface area contributed by atoms with E-state index in [0.29, 0.717) is 28.9 Å². The van der Waals surface area contributed by atoms with E-state index in [-0.39, 0.29) is 24.8 Å². The Hall–Kier alpha value is -4.27. The number of amides is 4. The lowest BCUT2D eigenvalue weighted by molar-refractivity contribution is -0.136. The number of pyridine rings is 1. The Morgan fingerprint density at radius 3 is 2.64 bits per heavy atom. The van der Waals surface area contributed by atoms with E-state index in [1.54, 1.807) is 32.9 Å². The van der Waals surface area contributed by atoms with Gasteiger partial charge in [0.25, 0.3) is 5.91 Å². The number of carbonyl (C=O) groups is 4. The fourth-order valence-corrected chi connectivity index (χ4v) is 4.57. The van der Waals surface area contributed by atoms with Crippen molar-refractivity contribution in [3.63, 3.8) is 0 Å². The Morgan fingerprint density at radius 2 is 1.89 bits per heavy atom. The fraction of sp³-hybridized carbons (Fsp3) is 0.296. The second-order valence-corrected chi connectivity index (χ2v) is 9.98. The zero-order valence-corrected chi connectivity index (χ0v) is 20.3. The summed E-state index contributed by atoms with van der Waals surface area (Å²) in [6.45, 7) is 5.62. The number of fused-ring (bicyclic) bond motifs is 2. The smallest absolute Gasteiger partial charge is 0.412 e. The first kappa shape index (κ1) is 23.5. The summed E-state index contributed by atoms with van der Waals surface area (Å²) < 4.78 is 5.44. The standard InChI is InChI=1S/C27H26N4O5/c1-27(2,3)36-26(35)29-20-13-15-6-4-5-7-19(15)28-23(20)16-8-9-18-17(12-16)14-31(25(18)34)21-10-11-22(32)30-24(21)33/h4-9,12-13,21H,10-11,14H2,1-3H3,(H,29,35)(H,30,32,33). The third kappa shape index (κ3) is 4.51. The molecule has 9 nitrogen and oxygen atoms in total. The van der Waals surface area contributed by atoms with E-state index < -0.39 is 23.6 Å². The van der Waals surface area contributed by atoms with E-state index in [2.05, 4.69) is 10.6 Å². The summed E-state index contributed by atoms with van der Waals surface area (Å²) in [5.74, 6) is -1.02. The zero-order chi connectivity index (χ0) is 25.6. The van der Waals surface area contributed by atoms with Crippen molar-refractivity contribution in [2.75, 3.05) is 5.32 Å². The van der Waals surface area contributed by atoms with Crippen molar-refractivity contribution in [3.05, 3.63) is 59.7 Å². The Balaban J connectivity index is 1.50. The lowest BCUT2D eigenvalue weighted by Gasteiger charge is -2.29. The molecule has 0 radical (unpaired) electrons. The van der Waals surface area contributed by atoms with E-state index in [9.17, 15) is 19.2 Å². The summed E-state index contributed by atoms with van der Waals surface area (Å²) in [6, 6.07) is 14.1. The molecule has 36 heavy (non-hydrogen) atoms. The van der Waals surface area contributed by atoms with E-state index in [0.717, 1.165) is 16.5 Å². The van der Waals surface area contributed by atoms with Crippen LogP contribution in [0, 0.1) is 0 Å². The highest BCUT2D eigenvalue weighted by Crippen LogP contribution is 2.34. The summed E-state index contributed by atoms with van der Waals surface area (Å²) in [7, 11) is 0. The highest BCUT2D eigenvalue weighted by molar-refractivity contribution is 6.06. The highest BCUT2D eigenvalue weighted by Gasteiger charge is 2.39. The number of piperidine rings is 1. The molecule has 0 aliphatic carbocycles. The minimum atomic E-state index is -0.686. The Morgan fingerprint density at radius 1 is 1.11 bits per heavy atom. The number of para-hydroxylation sites is 1. The monoisotopic (exact) mass is 486 g/mol. The van der Waals surface area contributed by atoms with E-state index in [1.165, 1.54) is 4.90 Å². The van der Waals surface area contributed by atoms with Gasteiger partial charge in [-0.15, -0.1) is 0 Å². The van der Waals surface area contributed by atoms with Crippen LogP contribution in [-0.2, 0) is 20.9 Å². The first-order chi connectivity index (χ1) is 17.1. The van der Waals surface area contributed by atoms with Crippen LogP contribution in [0.2, 0.25) is 0 Å². The summed E-state index contributed by atoms with van der Waals surface area (Å²) in [4.78, 5) is 55.8. The minimum Gasteiger partial charge on any atom is -0.444 e. The third-order valence-electron chi connectivity index (χ3n) is 6.16. The normalized spacial score (nSPS) is 17.7. The van der Waals surface area contributed by atoms with Crippen LogP contribution in [0.3, 0.4) is 0 Å². The second kappa shape index (κ2) is 8.75. The van der Waals surface area contributed by atoms with Crippen molar-refractivity contribution >= 4 is 40.4 Å². The molecule has 4 amide bonds. The molecule has 1 unspecified atom stereocenters. The topological polar surface area (TPSA) is 118 Å². The van der Waals surface area contributed by atoms with Crippen molar-refractivity contribution < 1.29 is 23.9 Å². The van der Waals surface area contributed by atoms with Gasteiger partial charge in [-0.2, -0.15) is 0 Å². The molecule has 1 saturated heterocycles. The maximum Gasteiger partial charge on any atom is 0.412 e.